The second kappa shape index (κ2) is 5.43. The van der Waals surface area contributed by atoms with Crippen LogP contribution in [-0.4, -0.2) is 9.78 Å². The van der Waals surface area contributed by atoms with Crippen LogP contribution in [0.2, 0.25) is 0 Å². The fraction of sp³-hybridized carbons (Fsp3) is 0.333. The lowest BCUT2D eigenvalue weighted by atomic mass is 10.2. The second-order valence-electron chi connectivity index (χ2n) is 4.06. The van der Waals surface area contributed by atoms with Crippen LogP contribution in [0.3, 0.4) is 0 Å². The van der Waals surface area contributed by atoms with Crippen molar-refractivity contribution in [1.29, 1.82) is 0 Å². The van der Waals surface area contributed by atoms with Crippen LogP contribution in [0.25, 0.3) is 5.69 Å². The molecule has 1 aromatic carbocycles. The van der Waals surface area contributed by atoms with Gasteiger partial charge < -0.3 is 24.0 Å². The van der Waals surface area contributed by atoms with Gasteiger partial charge in [-0.2, -0.15) is 0 Å². The van der Waals surface area contributed by atoms with E-state index < -0.39 is 0 Å². The van der Waals surface area contributed by atoms with E-state index in [2.05, 4.69) is 50.1 Å². The summed E-state index contributed by atoms with van der Waals surface area (Å²) in [5.74, 6) is 0. The summed E-state index contributed by atoms with van der Waals surface area (Å²) >= 11 is 0. The molecule has 0 bridgehead atoms. The van der Waals surface area contributed by atoms with Crippen molar-refractivity contribution in [3.8, 4) is 5.69 Å². The Balaban J connectivity index is 0.00000128. The number of hydrogen-bond acceptors (Lipinski definition) is 1. The molecule has 0 spiro atoms. The van der Waals surface area contributed by atoms with Crippen molar-refractivity contribution in [3.05, 3.63) is 42.5 Å². The Morgan fingerprint density at radius 1 is 1.19 bits per heavy atom. The van der Waals surface area contributed by atoms with Gasteiger partial charge in [-0.3, -0.25) is 0 Å². The Hall–Kier alpha value is -0.910. The number of aryl methyl sites for hydroxylation is 1. The zero-order valence-electron chi connectivity index (χ0n) is 9.76. The Bertz CT molecular complexity index is 446. The van der Waals surface area contributed by atoms with E-state index in [1.54, 1.807) is 0 Å². The summed E-state index contributed by atoms with van der Waals surface area (Å²) in [5, 5.41) is 4.29. The highest BCUT2D eigenvalue weighted by atomic mass is 127. The van der Waals surface area contributed by atoms with Gasteiger partial charge in [0.15, 0.2) is 0 Å². The van der Waals surface area contributed by atoms with Crippen LogP contribution in [0, 0.1) is 6.92 Å². The number of halogens is 1. The molecule has 16 heavy (non-hydrogen) atoms. The SMILES string of the molecule is Cc1ccc(-[n+]2cnn(C(C)C)c2)cc1.[I-]. The van der Waals surface area contributed by atoms with E-state index in [1.807, 2.05) is 21.9 Å². The first-order chi connectivity index (χ1) is 7.16. The Morgan fingerprint density at radius 2 is 1.81 bits per heavy atom. The van der Waals surface area contributed by atoms with Gasteiger partial charge in [0.1, 0.15) is 11.7 Å². The molecule has 1 aromatic heterocycles. The fourth-order valence-corrected chi connectivity index (χ4v) is 1.42. The molecule has 3 nitrogen and oxygen atoms in total. The first kappa shape index (κ1) is 13.2. The van der Waals surface area contributed by atoms with Gasteiger partial charge in [-0.1, -0.05) is 17.7 Å². The van der Waals surface area contributed by atoms with Crippen LogP contribution in [0.5, 0.6) is 0 Å². The molecular formula is C12H16IN3. The normalized spacial score (nSPS) is 10.2. The van der Waals surface area contributed by atoms with E-state index in [4.69, 9.17) is 0 Å². The van der Waals surface area contributed by atoms with Crippen molar-refractivity contribution in [2.45, 2.75) is 26.8 Å². The maximum atomic E-state index is 4.29. The van der Waals surface area contributed by atoms with Crippen molar-refractivity contribution in [3.63, 3.8) is 0 Å². The van der Waals surface area contributed by atoms with E-state index >= 15 is 0 Å². The van der Waals surface area contributed by atoms with Crippen molar-refractivity contribution >= 4 is 0 Å². The monoisotopic (exact) mass is 329 g/mol. The van der Waals surface area contributed by atoms with Crippen molar-refractivity contribution in [2.75, 3.05) is 0 Å². The molecule has 0 saturated carbocycles. The van der Waals surface area contributed by atoms with Gasteiger partial charge in [-0.15, -0.1) is 4.68 Å². The molecule has 0 radical (unpaired) electrons. The van der Waals surface area contributed by atoms with Gasteiger partial charge in [-0.25, -0.2) is 4.57 Å². The highest BCUT2D eigenvalue weighted by Crippen LogP contribution is 2.03. The average Bonchev–Trinajstić information content (AvgIpc) is 2.68. The highest BCUT2D eigenvalue weighted by Gasteiger charge is 2.09. The molecule has 0 aliphatic heterocycles. The lowest BCUT2D eigenvalue weighted by molar-refractivity contribution is -0.596. The van der Waals surface area contributed by atoms with Gasteiger partial charge in [-0.05, 0) is 32.9 Å². The third-order valence-corrected chi connectivity index (χ3v) is 2.41. The van der Waals surface area contributed by atoms with E-state index in [0.717, 1.165) is 5.69 Å². The molecule has 2 rings (SSSR count). The van der Waals surface area contributed by atoms with Gasteiger partial charge >= 0.3 is 0 Å². The highest BCUT2D eigenvalue weighted by molar-refractivity contribution is 5.26. The summed E-state index contributed by atoms with van der Waals surface area (Å²) in [6, 6.07) is 8.81. The topological polar surface area (TPSA) is 21.7 Å². The predicted octanol–water partition coefficient (Wildman–Crippen LogP) is -0.947. The summed E-state index contributed by atoms with van der Waals surface area (Å²) in [4.78, 5) is 0. The lowest BCUT2D eigenvalue weighted by Gasteiger charge is -1.97. The molecule has 0 amide bonds. The maximum absolute atomic E-state index is 4.29. The van der Waals surface area contributed by atoms with Gasteiger partial charge in [0, 0.05) is 5.10 Å². The Kier molecular flexibility index (Phi) is 4.46. The minimum Gasteiger partial charge on any atom is -1.00 e. The first-order valence-corrected chi connectivity index (χ1v) is 5.19. The number of rotatable bonds is 2. The smallest absolute Gasteiger partial charge is 0.270 e. The molecular weight excluding hydrogens is 313 g/mol. The maximum Gasteiger partial charge on any atom is 0.270 e. The molecule has 0 fully saturated rings. The van der Waals surface area contributed by atoms with Crippen LogP contribution in [0.4, 0.5) is 0 Å². The van der Waals surface area contributed by atoms with Crippen LogP contribution in [0.1, 0.15) is 25.5 Å². The number of aromatic nitrogens is 3. The largest absolute Gasteiger partial charge is 1.00 e. The lowest BCUT2D eigenvalue weighted by Crippen LogP contribution is -3.00. The second-order valence-corrected chi connectivity index (χ2v) is 4.06. The molecule has 1 heterocycles. The molecule has 0 atom stereocenters. The molecule has 2 aromatic rings. The summed E-state index contributed by atoms with van der Waals surface area (Å²) < 4.78 is 3.97. The average molecular weight is 329 g/mol. The third kappa shape index (κ3) is 2.81. The molecule has 0 saturated heterocycles. The minimum absolute atomic E-state index is 0. The minimum atomic E-state index is 0. The van der Waals surface area contributed by atoms with Gasteiger partial charge in [0.05, 0.1) is 0 Å². The first-order valence-electron chi connectivity index (χ1n) is 5.19. The van der Waals surface area contributed by atoms with Crippen LogP contribution < -0.4 is 28.5 Å². The zero-order chi connectivity index (χ0) is 10.8. The molecule has 4 heteroatoms. The fourth-order valence-electron chi connectivity index (χ4n) is 1.42. The van der Waals surface area contributed by atoms with Crippen LogP contribution >= 0.6 is 0 Å². The zero-order valence-corrected chi connectivity index (χ0v) is 11.9. The summed E-state index contributed by atoms with van der Waals surface area (Å²) in [6.07, 6.45) is 3.85. The molecule has 0 aliphatic carbocycles. The summed E-state index contributed by atoms with van der Waals surface area (Å²) in [6.45, 7) is 6.32. The molecule has 0 N–H and O–H groups in total. The summed E-state index contributed by atoms with van der Waals surface area (Å²) in [5.41, 5.74) is 2.42. The molecule has 0 unspecified atom stereocenters. The van der Waals surface area contributed by atoms with E-state index in [0.29, 0.717) is 6.04 Å². The van der Waals surface area contributed by atoms with E-state index in [1.165, 1.54) is 5.56 Å². The third-order valence-electron chi connectivity index (χ3n) is 2.41. The van der Waals surface area contributed by atoms with Crippen molar-refractivity contribution < 1.29 is 28.5 Å². The van der Waals surface area contributed by atoms with E-state index in [-0.39, 0.29) is 24.0 Å². The van der Waals surface area contributed by atoms with E-state index in [9.17, 15) is 0 Å². The molecule has 86 valence electrons. The number of benzene rings is 1. The van der Waals surface area contributed by atoms with Gasteiger partial charge in [0.2, 0.25) is 6.33 Å². The van der Waals surface area contributed by atoms with Crippen LogP contribution in [0.15, 0.2) is 36.9 Å². The quantitative estimate of drug-likeness (QED) is 0.515. The number of nitrogens with zero attached hydrogens (tertiary/aromatic N) is 3. The summed E-state index contributed by atoms with van der Waals surface area (Å²) in [7, 11) is 0. The Labute approximate surface area is 113 Å². The molecule has 0 aliphatic rings. The van der Waals surface area contributed by atoms with Crippen molar-refractivity contribution in [2.24, 2.45) is 0 Å². The van der Waals surface area contributed by atoms with Crippen molar-refractivity contribution in [1.82, 2.24) is 9.78 Å². The number of hydrogen-bond donors (Lipinski definition) is 0. The Morgan fingerprint density at radius 3 is 2.31 bits per heavy atom. The van der Waals surface area contributed by atoms with Gasteiger partial charge in [0.25, 0.3) is 6.33 Å². The van der Waals surface area contributed by atoms with Crippen LogP contribution in [-0.2, 0) is 0 Å². The predicted molar refractivity (Wildman–Crippen MR) is 58.9 cm³/mol. The standard InChI is InChI=1S/C12H16N3.HI/c1-10(2)15-9-14(8-13-15)12-6-4-11(3)5-7-12;/h4-10H,1-3H3;1H/q+1;/p-1.